The van der Waals surface area contributed by atoms with E-state index in [1.54, 1.807) is 24.5 Å². The van der Waals surface area contributed by atoms with Crippen LogP contribution in [0.5, 0.6) is 0 Å². The molecule has 0 unspecified atom stereocenters. The summed E-state index contributed by atoms with van der Waals surface area (Å²) >= 11 is 0. The summed E-state index contributed by atoms with van der Waals surface area (Å²) in [6, 6.07) is 3.15. The highest BCUT2D eigenvalue weighted by atomic mass is 32.2. The molecule has 1 atom stereocenters. The highest BCUT2D eigenvalue weighted by molar-refractivity contribution is 7.89. The summed E-state index contributed by atoms with van der Waals surface area (Å²) in [7, 11) is -3.24. The van der Waals surface area contributed by atoms with Crippen LogP contribution in [0.25, 0.3) is 11.4 Å². The Morgan fingerprint density at radius 2 is 2.00 bits per heavy atom. The molecule has 0 saturated carbocycles. The summed E-state index contributed by atoms with van der Waals surface area (Å²) in [6.07, 6.45) is 3.93. The molecule has 0 radical (unpaired) electrons. The maximum Gasteiger partial charge on any atom is 0.245 e. The molecular weight excluding hydrogens is 304 g/mol. The summed E-state index contributed by atoms with van der Waals surface area (Å²) in [6.45, 7) is 4.40. The van der Waals surface area contributed by atoms with Gasteiger partial charge in [0.15, 0.2) is 0 Å². The molecule has 0 spiro atoms. The minimum absolute atomic E-state index is 0.0404. The van der Waals surface area contributed by atoms with E-state index in [-0.39, 0.29) is 11.7 Å². The average Bonchev–Trinajstić information content (AvgIpc) is 3.08. The van der Waals surface area contributed by atoms with Crippen LogP contribution in [0, 0.1) is 5.92 Å². The van der Waals surface area contributed by atoms with E-state index in [0.29, 0.717) is 24.7 Å². The molecule has 3 rings (SSSR count). The Labute approximate surface area is 129 Å². The molecule has 3 heterocycles. The number of hydrogen-bond acceptors (Lipinski definition) is 6. The predicted octanol–water partition coefficient (Wildman–Crippen LogP) is 1.86. The van der Waals surface area contributed by atoms with E-state index in [0.717, 1.165) is 5.56 Å². The highest BCUT2D eigenvalue weighted by Crippen LogP contribution is 2.33. The van der Waals surface area contributed by atoms with Crippen molar-refractivity contribution < 1.29 is 12.9 Å². The Hall–Kier alpha value is -1.80. The van der Waals surface area contributed by atoms with Crippen LogP contribution in [0.3, 0.4) is 0 Å². The predicted molar refractivity (Wildman–Crippen MR) is 80.2 cm³/mol. The fraction of sp³-hybridized carbons (Fsp3) is 0.500. The minimum atomic E-state index is -3.24. The van der Waals surface area contributed by atoms with Crippen LogP contribution in [0.15, 0.2) is 29.0 Å². The van der Waals surface area contributed by atoms with Crippen LogP contribution < -0.4 is 0 Å². The van der Waals surface area contributed by atoms with Crippen LogP contribution in [0.1, 0.15) is 32.2 Å². The van der Waals surface area contributed by atoms with Gasteiger partial charge in [-0.05, 0) is 24.5 Å². The van der Waals surface area contributed by atoms with Gasteiger partial charge in [-0.1, -0.05) is 19.0 Å². The fourth-order valence-electron chi connectivity index (χ4n) is 2.69. The monoisotopic (exact) mass is 322 g/mol. The van der Waals surface area contributed by atoms with Crippen molar-refractivity contribution in [1.29, 1.82) is 0 Å². The van der Waals surface area contributed by atoms with E-state index in [1.807, 2.05) is 13.8 Å². The van der Waals surface area contributed by atoms with Crippen molar-refractivity contribution in [3.63, 3.8) is 0 Å². The zero-order valence-corrected chi connectivity index (χ0v) is 13.3. The van der Waals surface area contributed by atoms with Gasteiger partial charge in [-0.15, -0.1) is 0 Å². The van der Waals surface area contributed by atoms with Gasteiger partial charge in [0.1, 0.15) is 6.04 Å². The Balaban J connectivity index is 1.95. The number of aromatic nitrogens is 3. The first-order valence-corrected chi connectivity index (χ1v) is 8.83. The quantitative estimate of drug-likeness (QED) is 0.853. The van der Waals surface area contributed by atoms with Gasteiger partial charge in [-0.3, -0.25) is 4.98 Å². The zero-order chi connectivity index (χ0) is 15.7. The van der Waals surface area contributed by atoms with Gasteiger partial charge >= 0.3 is 0 Å². The van der Waals surface area contributed by atoms with Gasteiger partial charge in [0.2, 0.25) is 21.7 Å². The number of sulfonamides is 1. The van der Waals surface area contributed by atoms with Crippen molar-refractivity contribution in [2.45, 2.75) is 26.3 Å². The van der Waals surface area contributed by atoms with Crippen molar-refractivity contribution in [3.05, 3.63) is 30.4 Å². The lowest BCUT2D eigenvalue weighted by Gasteiger charge is -2.26. The summed E-state index contributed by atoms with van der Waals surface area (Å²) < 4.78 is 31.2. The van der Waals surface area contributed by atoms with E-state index in [1.165, 1.54) is 4.31 Å². The van der Waals surface area contributed by atoms with Crippen molar-refractivity contribution in [2.75, 3.05) is 12.3 Å². The third-order valence-electron chi connectivity index (χ3n) is 3.71. The Bertz CT molecular complexity index is 742. The Morgan fingerprint density at radius 3 is 2.59 bits per heavy atom. The van der Waals surface area contributed by atoms with E-state index in [2.05, 4.69) is 15.1 Å². The average molecular weight is 322 g/mol. The molecule has 0 aliphatic carbocycles. The van der Waals surface area contributed by atoms with Gasteiger partial charge < -0.3 is 4.52 Å². The molecular formula is C14H18N4O3S. The van der Waals surface area contributed by atoms with Gasteiger partial charge in [0.25, 0.3) is 0 Å². The van der Waals surface area contributed by atoms with Crippen LogP contribution >= 0.6 is 0 Å². The second-order valence-corrected chi connectivity index (χ2v) is 7.70. The molecule has 1 fully saturated rings. The third kappa shape index (κ3) is 2.76. The number of rotatable bonds is 4. The smallest absolute Gasteiger partial charge is 0.245 e. The van der Waals surface area contributed by atoms with E-state index >= 15 is 0 Å². The maximum atomic E-state index is 12.2. The molecule has 1 saturated heterocycles. The second kappa shape index (κ2) is 5.77. The molecule has 2 aromatic heterocycles. The first-order valence-electron chi connectivity index (χ1n) is 7.22. The van der Waals surface area contributed by atoms with Crippen molar-refractivity contribution >= 4 is 10.0 Å². The zero-order valence-electron chi connectivity index (χ0n) is 12.5. The summed E-state index contributed by atoms with van der Waals surface area (Å²) in [5.41, 5.74) is 0.789. The van der Waals surface area contributed by atoms with Crippen molar-refractivity contribution in [3.8, 4) is 11.4 Å². The molecule has 2 aromatic rings. The second-order valence-electron chi connectivity index (χ2n) is 5.66. The molecule has 0 aromatic carbocycles. The first kappa shape index (κ1) is 15.1. The van der Waals surface area contributed by atoms with Gasteiger partial charge in [0.05, 0.1) is 5.75 Å². The number of nitrogens with zero attached hydrogens (tertiary/aromatic N) is 4. The molecule has 8 heteroatoms. The molecule has 1 aliphatic heterocycles. The summed E-state index contributed by atoms with van der Waals surface area (Å²) in [5, 5.41) is 3.97. The number of hydrogen-bond donors (Lipinski definition) is 0. The van der Waals surface area contributed by atoms with Crippen LogP contribution in [0.4, 0.5) is 0 Å². The standard InChI is InChI=1S/C14H18N4O3S/c1-10(2)12(18-8-3-9-22(18,19)20)14-16-13(17-21-14)11-4-6-15-7-5-11/h4-7,10,12H,3,8-9H2,1-2H3/t12-/m1/s1. The SMILES string of the molecule is CC(C)[C@H](c1nc(-c2ccncc2)no1)N1CCCS1(=O)=O. The summed E-state index contributed by atoms with van der Waals surface area (Å²) in [4.78, 5) is 8.35. The topological polar surface area (TPSA) is 89.2 Å². The van der Waals surface area contributed by atoms with Crippen molar-refractivity contribution in [1.82, 2.24) is 19.4 Å². The Kier molecular flexibility index (Phi) is 3.96. The fourth-order valence-corrected chi connectivity index (χ4v) is 4.50. The molecule has 118 valence electrons. The first-order chi connectivity index (χ1) is 10.5. The molecule has 0 bridgehead atoms. The van der Waals surface area contributed by atoms with E-state index in [9.17, 15) is 8.42 Å². The lowest BCUT2D eigenvalue weighted by molar-refractivity contribution is 0.214. The molecule has 22 heavy (non-hydrogen) atoms. The lowest BCUT2D eigenvalue weighted by atomic mass is 10.0. The Morgan fingerprint density at radius 1 is 1.27 bits per heavy atom. The molecule has 0 amide bonds. The highest BCUT2D eigenvalue weighted by Gasteiger charge is 2.39. The third-order valence-corrected chi connectivity index (χ3v) is 5.64. The van der Waals surface area contributed by atoms with Gasteiger partial charge in [-0.2, -0.15) is 9.29 Å². The normalized spacial score (nSPS) is 19.6. The van der Waals surface area contributed by atoms with Crippen LogP contribution in [0.2, 0.25) is 0 Å². The largest absolute Gasteiger partial charge is 0.337 e. The minimum Gasteiger partial charge on any atom is -0.337 e. The maximum absolute atomic E-state index is 12.2. The molecule has 1 aliphatic rings. The van der Waals surface area contributed by atoms with Gasteiger partial charge in [0, 0.05) is 24.5 Å². The number of pyridine rings is 1. The molecule has 7 nitrogen and oxygen atoms in total. The van der Waals surface area contributed by atoms with Crippen LogP contribution in [-0.4, -0.2) is 40.1 Å². The molecule has 0 N–H and O–H groups in total. The van der Waals surface area contributed by atoms with Crippen molar-refractivity contribution in [2.24, 2.45) is 5.92 Å². The van der Waals surface area contributed by atoms with E-state index in [4.69, 9.17) is 4.52 Å². The van der Waals surface area contributed by atoms with Gasteiger partial charge in [-0.25, -0.2) is 8.42 Å². The van der Waals surface area contributed by atoms with Crippen LogP contribution in [-0.2, 0) is 10.0 Å². The van der Waals surface area contributed by atoms with E-state index < -0.39 is 16.1 Å². The lowest BCUT2D eigenvalue weighted by Crippen LogP contribution is -2.33. The summed E-state index contributed by atoms with van der Waals surface area (Å²) in [5.74, 6) is 1.01.